The highest BCUT2D eigenvalue weighted by Gasteiger charge is 2.18. The van der Waals surface area contributed by atoms with Crippen molar-refractivity contribution in [1.29, 1.82) is 0 Å². The molecule has 1 aromatic carbocycles. The number of rotatable bonds is 4. The highest BCUT2D eigenvalue weighted by Crippen LogP contribution is 2.15. The molecule has 108 valence electrons. The summed E-state index contributed by atoms with van der Waals surface area (Å²) in [7, 11) is 0. The number of amides is 1. The van der Waals surface area contributed by atoms with Crippen LogP contribution in [0.2, 0.25) is 0 Å². The van der Waals surface area contributed by atoms with Crippen LogP contribution in [0.3, 0.4) is 0 Å². The zero-order valence-electron chi connectivity index (χ0n) is 11.2. The van der Waals surface area contributed by atoms with Crippen molar-refractivity contribution >= 4 is 17.3 Å². The molecule has 0 aliphatic carbocycles. The number of benzene rings is 1. The van der Waals surface area contributed by atoms with Crippen molar-refractivity contribution in [2.24, 2.45) is 0 Å². The molecule has 20 heavy (non-hydrogen) atoms. The van der Waals surface area contributed by atoms with Gasteiger partial charge in [0.25, 0.3) is 5.69 Å². The molecule has 1 aromatic rings. The summed E-state index contributed by atoms with van der Waals surface area (Å²) < 4.78 is 5.41. The molecule has 0 spiro atoms. The minimum Gasteiger partial charge on any atom is -0.376 e. The standard InChI is InChI=1S/C13H17N3O4/c1-10-8-15(6-7-20-10)9-13(17)14-11-2-4-12(5-3-11)16(18)19/h2-5,10H,6-9H2,1H3,(H,14,17). The van der Waals surface area contributed by atoms with Gasteiger partial charge < -0.3 is 10.1 Å². The van der Waals surface area contributed by atoms with E-state index in [0.29, 0.717) is 18.8 Å². The molecule has 0 aromatic heterocycles. The van der Waals surface area contributed by atoms with Gasteiger partial charge in [-0.2, -0.15) is 0 Å². The Bertz CT molecular complexity index is 489. The number of anilines is 1. The van der Waals surface area contributed by atoms with Crippen LogP contribution in [0.4, 0.5) is 11.4 Å². The van der Waals surface area contributed by atoms with E-state index in [9.17, 15) is 14.9 Å². The van der Waals surface area contributed by atoms with Crippen LogP contribution in [0, 0.1) is 10.1 Å². The molecular weight excluding hydrogens is 262 g/mol. The zero-order chi connectivity index (χ0) is 14.5. The van der Waals surface area contributed by atoms with Crippen LogP contribution in [-0.4, -0.2) is 48.1 Å². The second-order valence-electron chi connectivity index (χ2n) is 4.77. The maximum Gasteiger partial charge on any atom is 0.269 e. The number of ether oxygens (including phenoxy) is 1. The maximum absolute atomic E-state index is 11.9. The lowest BCUT2D eigenvalue weighted by Gasteiger charge is -2.30. The van der Waals surface area contributed by atoms with Crippen molar-refractivity contribution in [3.63, 3.8) is 0 Å². The Kier molecular flexibility index (Phi) is 4.65. The Hall–Kier alpha value is -1.99. The van der Waals surface area contributed by atoms with Gasteiger partial charge in [0.1, 0.15) is 0 Å². The van der Waals surface area contributed by atoms with Crippen LogP contribution in [-0.2, 0) is 9.53 Å². The van der Waals surface area contributed by atoms with E-state index in [0.717, 1.165) is 13.1 Å². The summed E-state index contributed by atoms with van der Waals surface area (Å²) in [6, 6.07) is 5.79. The summed E-state index contributed by atoms with van der Waals surface area (Å²) >= 11 is 0. The number of hydrogen-bond donors (Lipinski definition) is 1. The molecule has 1 fully saturated rings. The van der Waals surface area contributed by atoms with Gasteiger partial charge >= 0.3 is 0 Å². The fraction of sp³-hybridized carbons (Fsp3) is 0.462. The molecule has 1 saturated heterocycles. The molecule has 7 nitrogen and oxygen atoms in total. The highest BCUT2D eigenvalue weighted by molar-refractivity contribution is 5.92. The third-order valence-corrected chi connectivity index (χ3v) is 3.05. The van der Waals surface area contributed by atoms with E-state index < -0.39 is 4.92 Å². The average molecular weight is 279 g/mol. The molecule has 1 atom stereocenters. The number of nitrogens with one attached hydrogen (secondary N) is 1. The van der Waals surface area contributed by atoms with E-state index in [2.05, 4.69) is 5.32 Å². The number of carbonyl (C=O) groups is 1. The molecule has 1 unspecified atom stereocenters. The van der Waals surface area contributed by atoms with E-state index in [1.54, 1.807) is 0 Å². The number of nitrogens with zero attached hydrogens (tertiary/aromatic N) is 2. The molecule has 1 N–H and O–H groups in total. The Balaban J connectivity index is 1.86. The van der Waals surface area contributed by atoms with Crippen LogP contribution in [0.15, 0.2) is 24.3 Å². The lowest BCUT2D eigenvalue weighted by atomic mass is 10.2. The quantitative estimate of drug-likeness (QED) is 0.662. The minimum absolute atomic E-state index is 0.00463. The van der Waals surface area contributed by atoms with Gasteiger partial charge in [-0.15, -0.1) is 0 Å². The van der Waals surface area contributed by atoms with Crippen LogP contribution >= 0.6 is 0 Å². The smallest absolute Gasteiger partial charge is 0.269 e. The number of hydrogen-bond acceptors (Lipinski definition) is 5. The van der Waals surface area contributed by atoms with Crippen LogP contribution in [0.25, 0.3) is 0 Å². The third kappa shape index (κ3) is 4.01. The van der Waals surface area contributed by atoms with E-state index in [1.165, 1.54) is 24.3 Å². The van der Waals surface area contributed by atoms with Crippen molar-refractivity contribution < 1.29 is 14.5 Å². The molecule has 0 radical (unpaired) electrons. The Morgan fingerprint density at radius 1 is 1.50 bits per heavy atom. The summed E-state index contributed by atoms with van der Waals surface area (Å²) in [5, 5.41) is 13.3. The lowest BCUT2D eigenvalue weighted by Crippen LogP contribution is -2.44. The van der Waals surface area contributed by atoms with Gasteiger partial charge in [-0.1, -0.05) is 0 Å². The third-order valence-electron chi connectivity index (χ3n) is 3.05. The van der Waals surface area contributed by atoms with Gasteiger partial charge in [0, 0.05) is 30.9 Å². The first-order chi connectivity index (χ1) is 9.54. The topological polar surface area (TPSA) is 84.7 Å². The summed E-state index contributed by atoms with van der Waals surface area (Å²) in [6.45, 7) is 4.36. The van der Waals surface area contributed by atoms with Gasteiger partial charge in [-0.3, -0.25) is 19.8 Å². The molecule has 1 aliphatic rings. The first kappa shape index (κ1) is 14.4. The number of carbonyl (C=O) groups excluding carboxylic acids is 1. The second kappa shape index (κ2) is 6.44. The van der Waals surface area contributed by atoms with Gasteiger partial charge in [0.2, 0.25) is 5.91 Å². The minimum atomic E-state index is -0.472. The highest BCUT2D eigenvalue weighted by atomic mass is 16.6. The summed E-state index contributed by atoms with van der Waals surface area (Å²) in [4.78, 5) is 24.0. The van der Waals surface area contributed by atoms with E-state index in [-0.39, 0.29) is 17.7 Å². The summed E-state index contributed by atoms with van der Waals surface area (Å²) in [6.07, 6.45) is 0.135. The Morgan fingerprint density at radius 3 is 2.80 bits per heavy atom. The first-order valence-corrected chi connectivity index (χ1v) is 6.43. The van der Waals surface area contributed by atoms with Crippen LogP contribution in [0.1, 0.15) is 6.92 Å². The van der Waals surface area contributed by atoms with Crippen LogP contribution in [0.5, 0.6) is 0 Å². The first-order valence-electron chi connectivity index (χ1n) is 6.43. The molecule has 1 aliphatic heterocycles. The Morgan fingerprint density at radius 2 is 2.20 bits per heavy atom. The van der Waals surface area contributed by atoms with Crippen molar-refractivity contribution in [3.8, 4) is 0 Å². The van der Waals surface area contributed by atoms with Gasteiger partial charge in [-0.25, -0.2) is 0 Å². The summed E-state index contributed by atoms with van der Waals surface area (Å²) in [5.41, 5.74) is 0.562. The zero-order valence-corrected chi connectivity index (χ0v) is 11.2. The van der Waals surface area contributed by atoms with Crippen molar-refractivity contribution in [3.05, 3.63) is 34.4 Å². The number of nitro groups is 1. The van der Waals surface area contributed by atoms with E-state index >= 15 is 0 Å². The molecule has 2 rings (SSSR count). The maximum atomic E-state index is 11.9. The van der Waals surface area contributed by atoms with E-state index in [1.807, 2.05) is 11.8 Å². The SMILES string of the molecule is CC1CN(CC(=O)Nc2ccc([N+](=O)[O-])cc2)CCO1. The molecular formula is C13H17N3O4. The summed E-state index contributed by atoms with van der Waals surface area (Å²) in [5.74, 6) is -0.132. The van der Waals surface area contributed by atoms with E-state index in [4.69, 9.17) is 4.74 Å². The second-order valence-corrected chi connectivity index (χ2v) is 4.77. The van der Waals surface area contributed by atoms with Gasteiger partial charge in [0.05, 0.1) is 24.2 Å². The molecule has 1 amide bonds. The fourth-order valence-corrected chi connectivity index (χ4v) is 2.10. The van der Waals surface area contributed by atoms with Crippen molar-refractivity contribution in [1.82, 2.24) is 4.90 Å². The van der Waals surface area contributed by atoms with Crippen molar-refractivity contribution in [2.45, 2.75) is 13.0 Å². The van der Waals surface area contributed by atoms with Crippen LogP contribution < -0.4 is 5.32 Å². The average Bonchev–Trinajstić information content (AvgIpc) is 2.39. The number of nitro benzene ring substituents is 1. The van der Waals surface area contributed by atoms with Gasteiger partial charge in [0.15, 0.2) is 0 Å². The predicted octanol–water partition coefficient (Wildman–Crippen LogP) is 1.25. The number of morpholine rings is 1. The normalized spacial score (nSPS) is 19.6. The molecule has 1 heterocycles. The van der Waals surface area contributed by atoms with Gasteiger partial charge in [-0.05, 0) is 19.1 Å². The fourth-order valence-electron chi connectivity index (χ4n) is 2.10. The molecule has 0 bridgehead atoms. The Labute approximate surface area is 116 Å². The molecule has 7 heteroatoms. The lowest BCUT2D eigenvalue weighted by molar-refractivity contribution is -0.384. The largest absolute Gasteiger partial charge is 0.376 e. The predicted molar refractivity (Wildman–Crippen MR) is 73.6 cm³/mol. The molecule has 0 saturated carbocycles. The van der Waals surface area contributed by atoms with Crippen molar-refractivity contribution in [2.75, 3.05) is 31.6 Å². The number of non-ortho nitro benzene ring substituents is 1. The monoisotopic (exact) mass is 279 g/mol.